The summed E-state index contributed by atoms with van der Waals surface area (Å²) in [7, 11) is 0. The van der Waals surface area contributed by atoms with Crippen LogP contribution in [0.4, 0.5) is 5.69 Å². The number of aromatic amines is 1. The highest BCUT2D eigenvalue weighted by atomic mass is 16.4. The van der Waals surface area contributed by atoms with Crippen LogP contribution in [-0.4, -0.2) is 29.1 Å². The maximum absolute atomic E-state index is 11.2. The molecule has 0 aliphatic carbocycles. The first-order chi connectivity index (χ1) is 12.2. The van der Waals surface area contributed by atoms with E-state index in [0.717, 1.165) is 29.0 Å². The molecule has 1 aromatic heterocycles. The van der Waals surface area contributed by atoms with E-state index in [1.54, 1.807) is 0 Å². The summed E-state index contributed by atoms with van der Waals surface area (Å²) in [5.74, 6) is -0.971. The standard InChI is InChI=1S/C19H18N2O2.C2H6/c22-19(23)14-9-10-21(12-14)18-8-4-2-6-15(18)17-11-13-5-1-3-7-16(13)20-17;1-2/h1-8,11,14,20H,9-10,12H2,(H,22,23);1-2H3. The van der Waals surface area contributed by atoms with Crippen molar-refractivity contribution >= 4 is 22.6 Å². The van der Waals surface area contributed by atoms with Crippen LogP contribution >= 0.6 is 0 Å². The lowest BCUT2D eigenvalue weighted by Gasteiger charge is -2.21. The number of carboxylic acid groups (broad SMARTS) is 1. The Morgan fingerprint density at radius 2 is 1.84 bits per heavy atom. The zero-order chi connectivity index (χ0) is 17.8. The van der Waals surface area contributed by atoms with Gasteiger partial charge in [0.15, 0.2) is 0 Å². The Hall–Kier alpha value is -2.75. The van der Waals surface area contributed by atoms with Crippen molar-refractivity contribution < 1.29 is 9.90 Å². The number of aromatic nitrogens is 1. The molecule has 1 unspecified atom stereocenters. The number of rotatable bonds is 3. The van der Waals surface area contributed by atoms with E-state index in [-0.39, 0.29) is 5.92 Å². The van der Waals surface area contributed by atoms with Gasteiger partial charge in [0.05, 0.1) is 5.92 Å². The molecule has 1 atom stereocenters. The summed E-state index contributed by atoms with van der Waals surface area (Å²) in [6.45, 7) is 5.36. The average Bonchev–Trinajstić information content (AvgIpc) is 3.30. The maximum atomic E-state index is 11.2. The number of H-pyrrole nitrogens is 1. The number of carboxylic acids is 1. The largest absolute Gasteiger partial charge is 0.481 e. The minimum atomic E-state index is -0.699. The zero-order valence-electron chi connectivity index (χ0n) is 14.7. The molecule has 2 aromatic carbocycles. The Kier molecular flexibility index (Phi) is 5.08. The lowest BCUT2D eigenvalue weighted by Crippen LogP contribution is -2.23. The van der Waals surface area contributed by atoms with Crippen LogP contribution in [0, 0.1) is 5.92 Å². The molecule has 2 N–H and O–H groups in total. The number of nitrogens with zero attached hydrogens (tertiary/aromatic N) is 1. The van der Waals surface area contributed by atoms with E-state index >= 15 is 0 Å². The van der Waals surface area contributed by atoms with Crippen LogP contribution in [0.3, 0.4) is 0 Å². The van der Waals surface area contributed by atoms with Gasteiger partial charge in [-0.1, -0.05) is 50.2 Å². The third-order valence-corrected chi connectivity index (χ3v) is 4.60. The predicted molar refractivity (Wildman–Crippen MR) is 103 cm³/mol. The molecule has 2 heterocycles. The van der Waals surface area contributed by atoms with Crippen LogP contribution in [-0.2, 0) is 4.79 Å². The minimum absolute atomic E-state index is 0.272. The molecule has 1 aliphatic heterocycles. The molecule has 4 rings (SSSR count). The monoisotopic (exact) mass is 336 g/mol. The van der Waals surface area contributed by atoms with Crippen LogP contribution in [0.1, 0.15) is 20.3 Å². The molecule has 3 aromatic rings. The van der Waals surface area contributed by atoms with E-state index in [2.05, 4.69) is 40.2 Å². The summed E-state index contributed by atoms with van der Waals surface area (Å²) in [4.78, 5) is 16.9. The van der Waals surface area contributed by atoms with Gasteiger partial charge in [0.25, 0.3) is 0 Å². The minimum Gasteiger partial charge on any atom is -0.481 e. The third-order valence-electron chi connectivity index (χ3n) is 4.60. The zero-order valence-corrected chi connectivity index (χ0v) is 14.7. The van der Waals surface area contributed by atoms with Gasteiger partial charge in [-0.2, -0.15) is 0 Å². The molecular weight excluding hydrogens is 312 g/mol. The molecule has 25 heavy (non-hydrogen) atoms. The van der Waals surface area contributed by atoms with Crippen LogP contribution < -0.4 is 4.90 Å². The van der Waals surface area contributed by atoms with Gasteiger partial charge in [0.2, 0.25) is 0 Å². The van der Waals surface area contributed by atoms with Gasteiger partial charge in [-0.05, 0) is 24.6 Å². The number of carbonyl (C=O) groups is 1. The molecule has 1 saturated heterocycles. The second-order valence-corrected chi connectivity index (χ2v) is 6.06. The first kappa shape index (κ1) is 17.1. The normalized spacial score (nSPS) is 16.6. The average molecular weight is 336 g/mol. The fraction of sp³-hybridized carbons (Fsp3) is 0.286. The van der Waals surface area contributed by atoms with Crippen LogP contribution in [0.2, 0.25) is 0 Å². The lowest BCUT2D eigenvalue weighted by atomic mass is 10.1. The van der Waals surface area contributed by atoms with Crippen molar-refractivity contribution in [1.29, 1.82) is 0 Å². The van der Waals surface area contributed by atoms with Crippen LogP contribution in [0.5, 0.6) is 0 Å². The highest BCUT2D eigenvalue weighted by Gasteiger charge is 2.29. The second kappa shape index (κ2) is 7.43. The summed E-state index contributed by atoms with van der Waals surface area (Å²) >= 11 is 0. The number of hydrogen-bond donors (Lipinski definition) is 2. The van der Waals surface area contributed by atoms with Gasteiger partial charge < -0.3 is 15.0 Å². The van der Waals surface area contributed by atoms with Crippen molar-refractivity contribution in [3.8, 4) is 11.3 Å². The highest BCUT2D eigenvalue weighted by Crippen LogP contribution is 2.34. The molecule has 0 saturated carbocycles. The summed E-state index contributed by atoms with van der Waals surface area (Å²) < 4.78 is 0. The summed E-state index contributed by atoms with van der Waals surface area (Å²) in [6, 6.07) is 18.6. The number of benzene rings is 2. The van der Waals surface area contributed by atoms with Crippen molar-refractivity contribution in [2.45, 2.75) is 20.3 Å². The lowest BCUT2D eigenvalue weighted by molar-refractivity contribution is -0.140. The van der Waals surface area contributed by atoms with Gasteiger partial charge in [-0.25, -0.2) is 0 Å². The molecule has 130 valence electrons. The van der Waals surface area contributed by atoms with Gasteiger partial charge >= 0.3 is 5.97 Å². The molecule has 1 fully saturated rings. The van der Waals surface area contributed by atoms with E-state index in [4.69, 9.17) is 0 Å². The number of fused-ring (bicyclic) bond motifs is 1. The molecule has 0 amide bonds. The summed E-state index contributed by atoms with van der Waals surface area (Å²) in [6.07, 6.45) is 0.705. The molecule has 4 heteroatoms. The number of anilines is 1. The fourth-order valence-electron chi connectivity index (χ4n) is 3.38. The molecule has 0 radical (unpaired) electrons. The number of aliphatic carboxylic acids is 1. The van der Waals surface area contributed by atoms with E-state index < -0.39 is 5.97 Å². The van der Waals surface area contributed by atoms with E-state index in [1.165, 1.54) is 5.39 Å². The Bertz CT molecular complexity index is 836. The molecule has 4 nitrogen and oxygen atoms in total. The highest BCUT2D eigenvalue weighted by molar-refractivity contribution is 5.89. The fourth-order valence-corrected chi connectivity index (χ4v) is 3.38. The van der Waals surface area contributed by atoms with E-state index in [9.17, 15) is 9.90 Å². The second-order valence-electron chi connectivity index (χ2n) is 6.06. The Balaban J connectivity index is 0.000000880. The van der Waals surface area contributed by atoms with Gasteiger partial charge in [0, 0.05) is 40.9 Å². The van der Waals surface area contributed by atoms with Crippen molar-refractivity contribution in [2.75, 3.05) is 18.0 Å². The Morgan fingerprint density at radius 3 is 2.56 bits per heavy atom. The van der Waals surface area contributed by atoms with Crippen LogP contribution in [0.15, 0.2) is 54.6 Å². The first-order valence-corrected chi connectivity index (χ1v) is 8.87. The number of nitrogens with one attached hydrogen (secondary N) is 1. The van der Waals surface area contributed by atoms with Gasteiger partial charge in [-0.3, -0.25) is 4.79 Å². The first-order valence-electron chi connectivity index (χ1n) is 8.87. The summed E-state index contributed by atoms with van der Waals surface area (Å²) in [5, 5.41) is 10.4. The number of hydrogen-bond acceptors (Lipinski definition) is 2. The smallest absolute Gasteiger partial charge is 0.308 e. The molecule has 0 spiro atoms. The third kappa shape index (κ3) is 3.38. The molecule has 1 aliphatic rings. The molecular formula is C21H24N2O2. The van der Waals surface area contributed by atoms with Crippen molar-refractivity contribution in [2.24, 2.45) is 5.92 Å². The predicted octanol–water partition coefficient (Wildman–Crippen LogP) is 4.77. The van der Waals surface area contributed by atoms with Crippen molar-refractivity contribution in [3.63, 3.8) is 0 Å². The topological polar surface area (TPSA) is 56.3 Å². The van der Waals surface area contributed by atoms with E-state index in [1.807, 2.05) is 38.1 Å². The van der Waals surface area contributed by atoms with Crippen molar-refractivity contribution in [1.82, 2.24) is 4.98 Å². The van der Waals surface area contributed by atoms with E-state index in [0.29, 0.717) is 13.0 Å². The van der Waals surface area contributed by atoms with Crippen molar-refractivity contribution in [3.05, 3.63) is 54.6 Å². The van der Waals surface area contributed by atoms with Gasteiger partial charge in [-0.15, -0.1) is 0 Å². The maximum Gasteiger partial charge on any atom is 0.308 e. The summed E-state index contributed by atoms with van der Waals surface area (Å²) in [5.41, 5.74) is 4.40. The Labute approximate surface area is 148 Å². The molecule has 0 bridgehead atoms. The SMILES string of the molecule is CC.O=C(O)C1CCN(c2ccccc2-c2cc3ccccc3[nH]2)C1. The quantitative estimate of drug-likeness (QED) is 0.724. The van der Waals surface area contributed by atoms with Crippen LogP contribution in [0.25, 0.3) is 22.2 Å². The Morgan fingerprint density at radius 1 is 1.12 bits per heavy atom. The van der Waals surface area contributed by atoms with Gasteiger partial charge in [0.1, 0.15) is 0 Å². The number of para-hydroxylation sites is 2.